The van der Waals surface area contributed by atoms with E-state index in [9.17, 15) is 9.59 Å². The predicted molar refractivity (Wildman–Crippen MR) is 87.6 cm³/mol. The number of aliphatic carboxylic acids is 1. The highest BCUT2D eigenvalue weighted by Gasteiger charge is 2.19. The molecule has 1 aromatic rings. The number of ether oxygens (including phenoxy) is 2. The SMILES string of the molecule is COc1ccc(/C=C/C(=O)NC(CC(C)C)C(=O)O)cc1OC. The van der Waals surface area contributed by atoms with Gasteiger partial charge in [-0.1, -0.05) is 19.9 Å². The third kappa shape index (κ3) is 6.02. The number of benzene rings is 1. The Morgan fingerprint density at radius 3 is 2.39 bits per heavy atom. The molecule has 6 heteroatoms. The summed E-state index contributed by atoms with van der Waals surface area (Å²) in [6, 6.07) is 4.34. The Kier molecular flexibility index (Phi) is 7.12. The van der Waals surface area contributed by atoms with Crippen molar-refractivity contribution in [1.82, 2.24) is 5.32 Å². The zero-order valence-electron chi connectivity index (χ0n) is 13.8. The van der Waals surface area contributed by atoms with Crippen molar-refractivity contribution >= 4 is 18.0 Å². The van der Waals surface area contributed by atoms with Gasteiger partial charge in [0, 0.05) is 6.08 Å². The lowest BCUT2D eigenvalue weighted by atomic mass is 10.0. The maximum absolute atomic E-state index is 11.9. The van der Waals surface area contributed by atoms with E-state index in [0.717, 1.165) is 5.56 Å². The number of rotatable bonds is 8. The summed E-state index contributed by atoms with van der Waals surface area (Å²) in [7, 11) is 3.07. The summed E-state index contributed by atoms with van der Waals surface area (Å²) in [5.74, 6) is -0.166. The summed E-state index contributed by atoms with van der Waals surface area (Å²) >= 11 is 0. The van der Waals surface area contributed by atoms with E-state index in [1.54, 1.807) is 31.4 Å². The smallest absolute Gasteiger partial charge is 0.326 e. The van der Waals surface area contributed by atoms with Gasteiger partial charge < -0.3 is 19.9 Å². The lowest BCUT2D eigenvalue weighted by Crippen LogP contribution is -2.40. The first-order valence-electron chi connectivity index (χ1n) is 7.30. The van der Waals surface area contributed by atoms with Crippen molar-refractivity contribution in [2.24, 2.45) is 5.92 Å². The molecule has 2 N–H and O–H groups in total. The van der Waals surface area contributed by atoms with Gasteiger partial charge in [-0.3, -0.25) is 4.79 Å². The molecule has 0 spiro atoms. The Hall–Kier alpha value is -2.50. The highest BCUT2D eigenvalue weighted by molar-refractivity contribution is 5.94. The Labute approximate surface area is 136 Å². The van der Waals surface area contributed by atoms with Crippen molar-refractivity contribution in [2.75, 3.05) is 14.2 Å². The van der Waals surface area contributed by atoms with Crippen molar-refractivity contribution in [3.8, 4) is 11.5 Å². The number of carbonyl (C=O) groups excluding carboxylic acids is 1. The minimum Gasteiger partial charge on any atom is -0.493 e. The van der Waals surface area contributed by atoms with E-state index in [4.69, 9.17) is 14.6 Å². The number of carboxylic acids is 1. The van der Waals surface area contributed by atoms with Crippen molar-refractivity contribution in [3.05, 3.63) is 29.8 Å². The van der Waals surface area contributed by atoms with Gasteiger partial charge in [0.1, 0.15) is 6.04 Å². The van der Waals surface area contributed by atoms with Gasteiger partial charge in [-0.2, -0.15) is 0 Å². The minimum absolute atomic E-state index is 0.172. The molecule has 126 valence electrons. The first-order valence-corrected chi connectivity index (χ1v) is 7.30. The average molecular weight is 321 g/mol. The quantitative estimate of drug-likeness (QED) is 0.718. The van der Waals surface area contributed by atoms with E-state index in [0.29, 0.717) is 17.9 Å². The van der Waals surface area contributed by atoms with Crippen LogP contribution >= 0.6 is 0 Å². The second-order valence-corrected chi connectivity index (χ2v) is 5.48. The maximum atomic E-state index is 11.9. The fourth-order valence-electron chi connectivity index (χ4n) is 2.04. The van der Waals surface area contributed by atoms with Crippen molar-refractivity contribution in [3.63, 3.8) is 0 Å². The third-order valence-corrected chi connectivity index (χ3v) is 3.16. The van der Waals surface area contributed by atoms with E-state index < -0.39 is 17.9 Å². The first kappa shape index (κ1) is 18.5. The zero-order chi connectivity index (χ0) is 17.4. The highest BCUT2D eigenvalue weighted by Crippen LogP contribution is 2.27. The molecule has 0 heterocycles. The number of hydrogen-bond donors (Lipinski definition) is 2. The molecule has 0 bridgehead atoms. The van der Waals surface area contributed by atoms with Crippen LogP contribution in [0.25, 0.3) is 6.08 Å². The molecule has 1 aromatic carbocycles. The van der Waals surface area contributed by atoms with E-state index in [2.05, 4.69) is 5.32 Å². The van der Waals surface area contributed by atoms with Gasteiger partial charge in [0.05, 0.1) is 14.2 Å². The second-order valence-electron chi connectivity index (χ2n) is 5.48. The molecule has 23 heavy (non-hydrogen) atoms. The Morgan fingerprint density at radius 1 is 1.22 bits per heavy atom. The fraction of sp³-hybridized carbons (Fsp3) is 0.412. The van der Waals surface area contributed by atoms with Crippen LogP contribution in [-0.4, -0.2) is 37.2 Å². The molecule has 1 amide bonds. The number of amides is 1. The molecule has 0 fully saturated rings. The van der Waals surface area contributed by atoms with Crippen LogP contribution in [0.1, 0.15) is 25.8 Å². The summed E-state index contributed by atoms with van der Waals surface area (Å²) in [6.45, 7) is 3.81. The molecule has 0 aliphatic heterocycles. The second kappa shape index (κ2) is 8.82. The van der Waals surface area contributed by atoms with Crippen LogP contribution in [0.5, 0.6) is 11.5 Å². The van der Waals surface area contributed by atoms with Gasteiger partial charge in [0.2, 0.25) is 5.91 Å². The highest BCUT2D eigenvalue weighted by atomic mass is 16.5. The maximum Gasteiger partial charge on any atom is 0.326 e. The summed E-state index contributed by atoms with van der Waals surface area (Å²) in [6.07, 6.45) is 3.27. The minimum atomic E-state index is -1.04. The van der Waals surface area contributed by atoms with Gasteiger partial charge in [0.15, 0.2) is 11.5 Å². The van der Waals surface area contributed by atoms with Gasteiger partial charge >= 0.3 is 5.97 Å². The monoisotopic (exact) mass is 321 g/mol. The molecular formula is C17H23NO5. The molecule has 0 saturated carbocycles. The molecule has 1 atom stereocenters. The molecule has 1 rings (SSSR count). The van der Waals surface area contributed by atoms with E-state index in [1.165, 1.54) is 13.2 Å². The Morgan fingerprint density at radius 2 is 1.87 bits per heavy atom. The number of nitrogens with one attached hydrogen (secondary N) is 1. The van der Waals surface area contributed by atoms with E-state index >= 15 is 0 Å². The van der Waals surface area contributed by atoms with Crippen molar-refractivity contribution in [1.29, 1.82) is 0 Å². The normalized spacial score (nSPS) is 12.2. The summed E-state index contributed by atoms with van der Waals surface area (Å²) in [5.41, 5.74) is 0.744. The van der Waals surface area contributed by atoms with Crippen molar-refractivity contribution < 1.29 is 24.2 Å². The molecule has 1 unspecified atom stereocenters. The topological polar surface area (TPSA) is 84.9 Å². The number of methoxy groups -OCH3 is 2. The molecule has 0 radical (unpaired) electrons. The summed E-state index contributed by atoms with van der Waals surface area (Å²) in [5, 5.41) is 11.6. The Bertz CT molecular complexity index is 580. The molecule has 6 nitrogen and oxygen atoms in total. The summed E-state index contributed by atoms with van der Waals surface area (Å²) in [4.78, 5) is 23.0. The largest absolute Gasteiger partial charge is 0.493 e. The van der Waals surface area contributed by atoms with Crippen molar-refractivity contribution in [2.45, 2.75) is 26.3 Å². The van der Waals surface area contributed by atoms with Crippen LogP contribution in [0, 0.1) is 5.92 Å². The standard InChI is InChI=1S/C17H23NO5/c1-11(2)9-13(17(20)21)18-16(19)8-6-12-5-7-14(22-3)15(10-12)23-4/h5-8,10-11,13H,9H2,1-4H3,(H,18,19)(H,20,21)/b8-6+. The third-order valence-electron chi connectivity index (χ3n) is 3.16. The number of carbonyl (C=O) groups is 2. The molecule has 0 aliphatic rings. The zero-order valence-corrected chi connectivity index (χ0v) is 13.8. The molecule has 0 saturated heterocycles. The van der Waals surface area contributed by atoms with Gasteiger partial charge in [0.25, 0.3) is 0 Å². The molecule has 0 aliphatic carbocycles. The Balaban J connectivity index is 2.76. The van der Waals surface area contributed by atoms with Crippen LogP contribution in [0.3, 0.4) is 0 Å². The van der Waals surface area contributed by atoms with E-state index in [1.807, 2.05) is 13.8 Å². The van der Waals surface area contributed by atoms with Gasteiger partial charge in [-0.15, -0.1) is 0 Å². The van der Waals surface area contributed by atoms with Crippen LogP contribution < -0.4 is 14.8 Å². The number of hydrogen-bond acceptors (Lipinski definition) is 4. The predicted octanol–water partition coefficient (Wildman–Crippen LogP) is 2.33. The molecule has 0 aromatic heterocycles. The molecular weight excluding hydrogens is 298 g/mol. The first-order chi connectivity index (χ1) is 10.9. The van der Waals surface area contributed by atoms with E-state index in [-0.39, 0.29) is 5.92 Å². The van der Waals surface area contributed by atoms with Crippen LogP contribution in [-0.2, 0) is 9.59 Å². The van der Waals surface area contributed by atoms with Crippen LogP contribution in [0.2, 0.25) is 0 Å². The van der Waals surface area contributed by atoms with Crippen LogP contribution in [0.15, 0.2) is 24.3 Å². The summed E-state index contributed by atoms with van der Waals surface area (Å²) < 4.78 is 10.3. The number of carboxylic acid groups (broad SMARTS) is 1. The van der Waals surface area contributed by atoms with Gasteiger partial charge in [-0.05, 0) is 36.1 Å². The average Bonchev–Trinajstić information content (AvgIpc) is 2.51. The van der Waals surface area contributed by atoms with Crippen LogP contribution in [0.4, 0.5) is 0 Å². The lowest BCUT2D eigenvalue weighted by Gasteiger charge is -2.15. The lowest BCUT2D eigenvalue weighted by molar-refractivity contribution is -0.141. The fourth-order valence-corrected chi connectivity index (χ4v) is 2.04. The van der Waals surface area contributed by atoms with Gasteiger partial charge in [-0.25, -0.2) is 4.79 Å².